The van der Waals surface area contributed by atoms with E-state index in [2.05, 4.69) is 0 Å². The highest BCUT2D eigenvalue weighted by Gasteiger charge is 1.99. The zero-order chi connectivity index (χ0) is 34.1. The molecule has 0 saturated heterocycles. The molecule has 0 aromatic carbocycles. The van der Waals surface area contributed by atoms with E-state index in [4.69, 9.17) is 11.5 Å². The van der Waals surface area contributed by atoms with E-state index in [9.17, 15) is 9.59 Å². The van der Waals surface area contributed by atoms with Gasteiger partial charge >= 0.3 is 0 Å². The van der Waals surface area contributed by atoms with Crippen molar-refractivity contribution < 1.29 is 9.59 Å². The Morgan fingerprint density at radius 1 is 0.191 bits per heavy atom. The Labute approximate surface area is 295 Å². The van der Waals surface area contributed by atoms with Gasteiger partial charge < -0.3 is 11.5 Å². The van der Waals surface area contributed by atoms with Crippen molar-refractivity contribution in [3.05, 3.63) is 0 Å². The van der Waals surface area contributed by atoms with Crippen molar-refractivity contribution in [2.24, 2.45) is 11.5 Å². The third-order valence-electron chi connectivity index (χ3n) is 10.3. The number of hydrogen-bond acceptors (Lipinski definition) is 2. The van der Waals surface area contributed by atoms with Crippen LogP contribution in [0.1, 0.15) is 263 Å². The highest BCUT2D eigenvalue weighted by molar-refractivity contribution is 5.73. The van der Waals surface area contributed by atoms with E-state index >= 15 is 0 Å². The van der Waals surface area contributed by atoms with E-state index in [1.807, 2.05) is 0 Å². The Morgan fingerprint density at radius 3 is 0.362 bits per heavy atom. The fraction of sp³-hybridized carbons (Fsp3) is 0.953. The maximum absolute atomic E-state index is 10.7. The molecule has 0 aliphatic heterocycles. The summed E-state index contributed by atoms with van der Waals surface area (Å²) in [6.07, 6.45) is 55.3. The molecule has 0 rings (SSSR count). The fourth-order valence-corrected chi connectivity index (χ4v) is 7.14. The molecule has 280 valence electrons. The molecule has 47 heavy (non-hydrogen) atoms. The second-order valence-electron chi connectivity index (χ2n) is 15.2. The first kappa shape index (κ1) is 45.9. The molecule has 0 unspecified atom stereocenters. The standard InChI is InChI=1S/C43H86N2O2/c44-42(46)40-38-36-34-32-30-28-26-24-22-20-18-16-14-12-10-8-6-4-2-1-3-5-7-9-11-13-15-17-19-21-23-25-27-29-31-33-35-37-39-41-43(45)47/h1-41H2,(H2,44,46)(H2,45,47). The van der Waals surface area contributed by atoms with Crippen LogP contribution in [-0.4, -0.2) is 11.8 Å². The topological polar surface area (TPSA) is 86.2 Å². The number of primary amides is 2. The highest BCUT2D eigenvalue weighted by atomic mass is 16.1. The van der Waals surface area contributed by atoms with Gasteiger partial charge in [-0.1, -0.05) is 238 Å². The molecule has 0 radical (unpaired) electrons. The van der Waals surface area contributed by atoms with Crippen LogP contribution in [0.3, 0.4) is 0 Å². The molecule has 0 spiro atoms. The first-order valence-corrected chi connectivity index (χ1v) is 21.7. The van der Waals surface area contributed by atoms with Gasteiger partial charge in [-0.3, -0.25) is 9.59 Å². The number of nitrogens with two attached hydrogens (primary N) is 2. The number of unbranched alkanes of at least 4 members (excludes halogenated alkanes) is 38. The summed E-state index contributed by atoms with van der Waals surface area (Å²) < 4.78 is 0. The summed E-state index contributed by atoms with van der Waals surface area (Å²) in [5, 5.41) is 0. The van der Waals surface area contributed by atoms with Gasteiger partial charge in [0.05, 0.1) is 0 Å². The van der Waals surface area contributed by atoms with Gasteiger partial charge in [-0.2, -0.15) is 0 Å². The van der Waals surface area contributed by atoms with Gasteiger partial charge in [0.25, 0.3) is 0 Å². The van der Waals surface area contributed by atoms with Crippen molar-refractivity contribution in [1.82, 2.24) is 0 Å². The minimum Gasteiger partial charge on any atom is -0.370 e. The molecular formula is C43H86N2O2. The second-order valence-corrected chi connectivity index (χ2v) is 15.2. The molecule has 4 heteroatoms. The molecule has 0 bridgehead atoms. The Bertz CT molecular complexity index is 571. The van der Waals surface area contributed by atoms with Gasteiger partial charge in [-0.05, 0) is 12.8 Å². The van der Waals surface area contributed by atoms with Gasteiger partial charge in [0.15, 0.2) is 0 Å². The van der Waals surface area contributed by atoms with Gasteiger partial charge in [-0.25, -0.2) is 0 Å². The van der Waals surface area contributed by atoms with E-state index in [0.29, 0.717) is 12.8 Å². The van der Waals surface area contributed by atoms with E-state index in [1.54, 1.807) is 0 Å². The van der Waals surface area contributed by atoms with Crippen molar-refractivity contribution in [2.45, 2.75) is 263 Å². The molecule has 0 aromatic rings. The van der Waals surface area contributed by atoms with Gasteiger partial charge in [-0.15, -0.1) is 0 Å². The Hall–Kier alpha value is -1.06. The SMILES string of the molecule is NC(=O)CCCCCCCCCCCCCCCCCCCCCCCCCCCCCCCCCCCCCCCCCC(N)=O. The molecule has 4 N–H and O–H groups in total. The first-order valence-electron chi connectivity index (χ1n) is 21.7. The number of carbonyl (C=O) groups is 2. The Kier molecular flexibility index (Phi) is 40.2. The zero-order valence-electron chi connectivity index (χ0n) is 32.0. The van der Waals surface area contributed by atoms with Crippen LogP contribution < -0.4 is 11.5 Å². The zero-order valence-corrected chi connectivity index (χ0v) is 32.0. The van der Waals surface area contributed by atoms with Crippen LogP contribution in [-0.2, 0) is 9.59 Å². The smallest absolute Gasteiger partial charge is 0.217 e. The fourth-order valence-electron chi connectivity index (χ4n) is 7.14. The van der Waals surface area contributed by atoms with Crippen molar-refractivity contribution >= 4 is 11.8 Å². The third-order valence-corrected chi connectivity index (χ3v) is 10.3. The van der Waals surface area contributed by atoms with Crippen LogP contribution in [0, 0.1) is 0 Å². The molecule has 0 atom stereocenters. The summed E-state index contributed by atoms with van der Waals surface area (Å²) in [5.74, 6) is -0.301. The van der Waals surface area contributed by atoms with Crippen LogP contribution >= 0.6 is 0 Å². The summed E-state index contributed by atoms with van der Waals surface area (Å²) in [4.78, 5) is 21.4. The average molecular weight is 663 g/mol. The maximum Gasteiger partial charge on any atom is 0.217 e. The average Bonchev–Trinajstić information content (AvgIpc) is 3.05. The van der Waals surface area contributed by atoms with Crippen LogP contribution in [0.2, 0.25) is 0 Å². The first-order chi connectivity index (χ1) is 23.1. The van der Waals surface area contributed by atoms with E-state index in [0.717, 1.165) is 25.7 Å². The molecule has 0 fully saturated rings. The van der Waals surface area contributed by atoms with Crippen LogP contribution in [0.5, 0.6) is 0 Å². The normalized spacial score (nSPS) is 11.4. The van der Waals surface area contributed by atoms with Gasteiger partial charge in [0.1, 0.15) is 0 Å². The molecule has 0 aliphatic carbocycles. The summed E-state index contributed by atoms with van der Waals surface area (Å²) in [5.41, 5.74) is 10.4. The largest absolute Gasteiger partial charge is 0.370 e. The Balaban J connectivity index is 3.05. The monoisotopic (exact) mass is 663 g/mol. The lowest BCUT2D eigenvalue weighted by Crippen LogP contribution is -2.09. The third kappa shape index (κ3) is 44.9. The lowest BCUT2D eigenvalue weighted by atomic mass is 10.0. The summed E-state index contributed by atoms with van der Waals surface area (Å²) >= 11 is 0. The number of carbonyl (C=O) groups excluding carboxylic acids is 2. The van der Waals surface area contributed by atoms with E-state index in [1.165, 1.54) is 225 Å². The lowest BCUT2D eigenvalue weighted by molar-refractivity contribution is -0.119. The maximum atomic E-state index is 10.7. The lowest BCUT2D eigenvalue weighted by Gasteiger charge is -2.05. The number of amides is 2. The predicted octanol–water partition coefficient (Wildman–Crippen LogP) is 14.0. The molecule has 4 nitrogen and oxygen atoms in total. The second kappa shape index (κ2) is 41.1. The minimum absolute atomic E-state index is 0.150. The minimum atomic E-state index is -0.150. The van der Waals surface area contributed by atoms with E-state index in [-0.39, 0.29) is 11.8 Å². The summed E-state index contributed by atoms with van der Waals surface area (Å²) in [6.45, 7) is 0. The van der Waals surface area contributed by atoms with Crippen LogP contribution in [0.4, 0.5) is 0 Å². The quantitative estimate of drug-likeness (QED) is 0.0637. The number of rotatable bonds is 42. The Morgan fingerprint density at radius 2 is 0.277 bits per heavy atom. The molecule has 0 aromatic heterocycles. The highest BCUT2D eigenvalue weighted by Crippen LogP contribution is 2.17. The van der Waals surface area contributed by atoms with Crippen molar-refractivity contribution in [3.63, 3.8) is 0 Å². The predicted molar refractivity (Wildman–Crippen MR) is 208 cm³/mol. The van der Waals surface area contributed by atoms with Gasteiger partial charge in [0, 0.05) is 12.8 Å². The van der Waals surface area contributed by atoms with Crippen LogP contribution in [0.25, 0.3) is 0 Å². The molecule has 2 amide bonds. The van der Waals surface area contributed by atoms with Crippen molar-refractivity contribution in [2.75, 3.05) is 0 Å². The molecule has 0 saturated carbocycles. The molecular weight excluding hydrogens is 576 g/mol. The summed E-state index contributed by atoms with van der Waals surface area (Å²) in [7, 11) is 0. The van der Waals surface area contributed by atoms with Crippen molar-refractivity contribution in [3.8, 4) is 0 Å². The van der Waals surface area contributed by atoms with E-state index < -0.39 is 0 Å². The number of hydrogen-bond donors (Lipinski definition) is 2. The molecule has 0 aliphatic rings. The van der Waals surface area contributed by atoms with Gasteiger partial charge in [0.2, 0.25) is 11.8 Å². The van der Waals surface area contributed by atoms with Crippen molar-refractivity contribution in [1.29, 1.82) is 0 Å². The summed E-state index contributed by atoms with van der Waals surface area (Å²) in [6, 6.07) is 0. The molecule has 0 heterocycles. The van der Waals surface area contributed by atoms with Crippen LogP contribution in [0.15, 0.2) is 0 Å².